The number of anilines is 1. The predicted octanol–water partition coefficient (Wildman–Crippen LogP) is 3.26. The summed E-state index contributed by atoms with van der Waals surface area (Å²) in [6.45, 7) is 4.28. The first kappa shape index (κ1) is 19.0. The number of piperazine rings is 1. The van der Waals surface area contributed by atoms with Crippen LogP contribution in [-0.4, -0.2) is 61.3 Å². The minimum Gasteiger partial charge on any atom is -0.474 e. The minimum absolute atomic E-state index is 0.00363. The quantitative estimate of drug-likeness (QED) is 0.787. The molecule has 0 unspecified atom stereocenters. The first-order valence-corrected chi connectivity index (χ1v) is 10.1. The van der Waals surface area contributed by atoms with E-state index >= 15 is 0 Å². The molecule has 2 aliphatic rings. The summed E-state index contributed by atoms with van der Waals surface area (Å²) in [4.78, 5) is 21.2. The van der Waals surface area contributed by atoms with Crippen molar-refractivity contribution in [3.63, 3.8) is 0 Å². The second-order valence-corrected chi connectivity index (χ2v) is 7.45. The third-order valence-corrected chi connectivity index (χ3v) is 5.52. The summed E-state index contributed by atoms with van der Waals surface area (Å²) < 4.78 is 11.2. The lowest BCUT2D eigenvalue weighted by atomic mass is 10.1. The number of rotatable bonds is 4. The summed E-state index contributed by atoms with van der Waals surface area (Å²) in [5, 5.41) is 0.742. The predicted molar refractivity (Wildman–Crippen MR) is 108 cm³/mol. The normalized spacial score (nSPS) is 18.2. The fourth-order valence-corrected chi connectivity index (χ4v) is 3.84. The molecule has 148 valence electrons. The van der Waals surface area contributed by atoms with E-state index in [-0.39, 0.29) is 12.0 Å². The van der Waals surface area contributed by atoms with Crippen LogP contribution in [0.4, 0.5) is 5.69 Å². The van der Waals surface area contributed by atoms with Crippen molar-refractivity contribution in [1.29, 1.82) is 0 Å². The number of ether oxygens (including phenoxy) is 2. The van der Waals surface area contributed by atoms with Crippen LogP contribution in [0.1, 0.15) is 23.2 Å². The van der Waals surface area contributed by atoms with Gasteiger partial charge in [-0.1, -0.05) is 23.7 Å². The second-order valence-electron chi connectivity index (χ2n) is 7.05. The molecule has 1 aromatic heterocycles. The van der Waals surface area contributed by atoms with Gasteiger partial charge in [0.15, 0.2) is 0 Å². The molecule has 0 N–H and O–H groups in total. The molecule has 28 heavy (non-hydrogen) atoms. The van der Waals surface area contributed by atoms with Crippen LogP contribution in [0.15, 0.2) is 42.6 Å². The standard InChI is InChI=1S/C21H24ClN3O3/c22-18-3-1-2-4-19(18)24-9-11-25(12-10-24)21(26)16-5-6-20(23-15-16)28-17-7-13-27-14-8-17/h1-6,15,17H,7-14H2. The van der Waals surface area contributed by atoms with Crippen LogP contribution in [0.3, 0.4) is 0 Å². The first-order chi connectivity index (χ1) is 13.7. The molecule has 4 rings (SSSR count). The number of benzene rings is 1. The van der Waals surface area contributed by atoms with Crippen molar-refractivity contribution in [2.45, 2.75) is 18.9 Å². The Kier molecular flexibility index (Phi) is 5.98. The summed E-state index contributed by atoms with van der Waals surface area (Å²) in [7, 11) is 0. The summed E-state index contributed by atoms with van der Waals surface area (Å²) in [5.41, 5.74) is 1.61. The second kappa shape index (κ2) is 8.80. The van der Waals surface area contributed by atoms with Crippen molar-refractivity contribution in [3.8, 4) is 5.88 Å². The number of aromatic nitrogens is 1. The molecule has 0 saturated carbocycles. The van der Waals surface area contributed by atoms with Gasteiger partial charge in [0, 0.05) is 51.3 Å². The highest BCUT2D eigenvalue weighted by Gasteiger charge is 2.23. The molecule has 2 aliphatic heterocycles. The Bertz CT molecular complexity index is 801. The van der Waals surface area contributed by atoms with Crippen LogP contribution in [0.25, 0.3) is 0 Å². The molecule has 0 aliphatic carbocycles. The summed E-state index contributed by atoms with van der Waals surface area (Å²) in [6.07, 6.45) is 3.49. The van der Waals surface area contributed by atoms with Crippen molar-refractivity contribution in [3.05, 3.63) is 53.2 Å². The fourth-order valence-electron chi connectivity index (χ4n) is 3.58. The highest BCUT2D eigenvalue weighted by molar-refractivity contribution is 6.33. The van der Waals surface area contributed by atoms with Crippen LogP contribution in [0.2, 0.25) is 5.02 Å². The first-order valence-electron chi connectivity index (χ1n) is 9.70. The fraction of sp³-hybridized carbons (Fsp3) is 0.429. The largest absolute Gasteiger partial charge is 0.474 e. The van der Waals surface area contributed by atoms with Gasteiger partial charge >= 0.3 is 0 Å². The Hall–Kier alpha value is -2.31. The van der Waals surface area contributed by atoms with Crippen LogP contribution in [0, 0.1) is 0 Å². The maximum Gasteiger partial charge on any atom is 0.255 e. The van der Waals surface area contributed by atoms with Gasteiger partial charge in [-0.05, 0) is 18.2 Å². The van der Waals surface area contributed by atoms with Crippen LogP contribution in [0.5, 0.6) is 5.88 Å². The Balaban J connectivity index is 1.33. The molecule has 6 nitrogen and oxygen atoms in total. The number of carbonyl (C=O) groups excluding carboxylic acids is 1. The molecule has 2 aromatic rings. The molecular formula is C21H24ClN3O3. The van der Waals surface area contributed by atoms with Crippen molar-refractivity contribution in [2.24, 2.45) is 0 Å². The topological polar surface area (TPSA) is 54.9 Å². The smallest absolute Gasteiger partial charge is 0.255 e. The van der Waals surface area contributed by atoms with Gasteiger partial charge in [-0.3, -0.25) is 4.79 Å². The van der Waals surface area contributed by atoms with E-state index in [1.165, 1.54) is 0 Å². The summed E-state index contributed by atoms with van der Waals surface area (Å²) in [6, 6.07) is 11.4. The highest BCUT2D eigenvalue weighted by Crippen LogP contribution is 2.26. The molecule has 7 heteroatoms. The van der Waals surface area contributed by atoms with Crippen LogP contribution < -0.4 is 9.64 Å². The molecule has 0 radical (unpaired) electrons. The van der Waals surface area contributed by atoms with Crippen molar-refractivity contribution >= 4 is 23.2 Å². The third-order valence-electron chi connectivity index (χ3n) is 5.20. The lowest BCUT2D eigenvalue weighted by molar-refractivity contribution is 0.0237. The van der Waals surface area contributed by atoms with Gasteiger partial charge in [-0.25, -0.2) is 4.98 Å². The number of hydrogen-bond donors (Lipinski definition) is 0. The average Bonchev–Trinajstić information content (AvgIpc) is 2.75. The minimum atomic E-state index is 0.00363. The molecule has 2 saturated heterocycles. The van der Waals surface area contributed by atoms with Gasteiger partial charge in [-0.2, -0.15) is 0 Å². The molecule has 3 heterocycles. The number of amides is 1. The Morgan fingerprint density at radius 2 is 1.82 bits per heavy atom. The third kappa shape index (κ3) is 4.39. The molecule has 0 atom stereocenters. The van der Waals surface area contributed by atoms with E-state index < -0.39 is 0 Å². The van der Waals surface area contributed by atoms with Gasteiger partial charge in [0.05, 0.1) is 29.5 Å². The monoisotopic (exact) mass is 401 g/mol. The lowest BCUT2D eigenvalue weighted by Crippen LogP contribution is -2.48. The van der Waals surface area contributed by atoms with Crippen LogP contribution in [-0.2, 0) is 4.74 Å². The number of hydrogen-bond acceptors (Lipinski definition) is 5. The Morgan fingerprint density at radius 3 is 2.50 bits per heavy atom. The summed E-state index contributed by atoms with van der Waals surface area (Å²) in [5.74, 6) is 0.566. The number of halogens is 1. The lowest BCUT2D eigenvalue weighted by Gasteiger charge is -2.36. The highest BCUT2D eigenvalue weighted by atomic mass is 35.5. The zero-order valence-electron chi connectivity index (χ0n) is 15.7. The zero-order chi connectivity index (χ0) is 19.3. The molecule has 1 amide bonds. The van der Waals surface area contributed by atoms with Gasteiger partial charge in [0.25, 0.3) is 5.91 Å². The molecule has 2 fully saturated rings. The maximum atomic E-state index is 12.8. The van der Waals surface area contributed by atoms with E-state index in [2.05, 4.69) is 9.88 Å². The number of nitrogens with zero attached hydrogens (tertiary/aromatic N) is 3. The Labute approximate surface area is 170 Å². The maximum absolute atomic E-state index is 12.8. The van der Waals surface area contributed by atoms with Crippen molar-refractivity contribution in [2.75, 3.05) is 44.3 Å². The van der Waals surface area contributed by atoms with E-state index in [0.29, 0.717) is 24.5 Å². The van der Waals surface area contributed by atoms with E-state index in [0.717, 1.165) is 49.9 Å². The summed E-state index contributed by atoms with van der Waals surface area (Å²) >= 11 is 6.29. The van der Waals surface area contributed by atoms with Gasteiger partial charge in [0.2, 0.25) is 5.88 Å². The van der Waals surface area contributed by atoms with Gasteiger partial charge in [-0.15, -0.1) is 0 Å². The van der Waals surface area contributed by atoms with E-state index in [1.807, 2.05) is 29.2 Å². The SMILES string of the molecule is O=C(c1ccc(OC2CCOCC2)nc1)N1CCN(c2ccccc2Cl)CC1. The molecule has 0 bridgehead atoms. The van der Waals surface area contributed by atoms with Crippen LogP contribution >= 0.6 is 11.6 Å². The van der Waals surface area contributed by atoms with Gasteiger partial charge < -0.3 is 19.3 Å². The Morgan fingerprint density at radius 1 is 1.07 bits per heavy atom. The van der Waals surface area contributed by atoms with E-state index in [9.17, 15) is 4.79 Å². The van der Waals surface area contributed by atoms with E-state index in [1.54, 1.807) is 18.3 Å². The van der Waals surface area contributed by atoms with Crippen molar-refractivity contribution in [1.82, 2.24) is 9.88 Å². The van der Waals surface area contributed by atoms with E-state index in [4.69, 9.17) is 21.1 Å². The molecular weight excluding hydrogens is 378 g/mol. The average molecular weight is 402 g/mol. The number of pyridine rings is 1. The number of para-hydroxylation sites is 1. The zero-order valence-corrected chi connectivity index (χ0v) is 16.5. The van der Waals surface area contributed by atoms with Crippen molar-refractivity contribution < 1.29 is 14.3 Å². The molecule has 0 spiro atoms. The molecule has 1 aromatic carbocycles. The number of carbonyl (C=O) groups is 1. The van der Waals surface area contributed by atoms with Gasteiger partial charge in [0.1, 0.15) is 6.10 Å².